The van der Waals surface area contributed by atoms with Gasteiger partial charge in [-0.2, -0.15) is 0 Å². The number of anilines is 1. The van der Waals surface area contributed by atoms with Gasteiger partial charge in [-0.3, -0.25) is 0 Å². The zero-order valence-corrected chi connectivity index (χ0v) is 29.3. The van der Waals surface area contributed by atoms with E-state index < -0.39 is 11.0 Å². The van der Waals surface area contributed by atoms with Gasteiger partial charge in [-0.05, 0) is 96.7 Å². The predicted molar refractivity (Wildman–Crippen MR) is 214 cm³/mol. The summed E-state index contributed by atoms with van der Waals surface area (Å²) in [6.07, 6.45) is 4.65. The van der Waals surface area contributed by atoms with Gasteiger partial charge in [-0.15, -0.1) is 0 Å². The molecule has 3 nitrogen and oxygen atoms in total. The summed E-state index contributed by atoms with van der Waals surface area (Å²) in [5, 5.41) is 7.45. The Balaban J connectivity index is 1.30. The zero-order valence-electron chi connectivity index (χ0n) is 29.3. The molecule has 3 aliphatic rings. The predicted octanol–water partition coefficient (Wildman–Crippen LogP) is 11.2. The Morgan fingerprint density at radius 1 is 0.596 bits per heavy atom. The third-order valence-electron chi connectivity index (χ3n) is 11.9. The van der Waals surface area contributed by atoms with Crippen LogP contribution in [-0.2, 0) is 11.0 Å². The summed E-state index contributed by atoms with van der Waals surface area (Å²) in [6.45, 7) is 0. The fourth-order valence-electron chi connectivity index (χ4n) is 9.74. The van der Waals surface area contributed by atoms with Gasteiger partial charge in [0, 0.05) is 41.9 Å². The second-order valence-electron chi connectivity index (χ2n) is 14.6. The first-order chi connectivity index (χ1) is 25.5. The molecule has 0 bridgehead atoms. The van der Waals surface area contributed by atoms with Crippen molar-refractivity contribution in [2.45, 2.75) is 11.0 Å². The Kier molecular flexibility index (Phi) is 5.86. The summed E-state index contributed by atoms with van der Waals surface area (Å²) in [5.74, 6) is 1.68. The topological polar surface area (TPSA) is 21.7 Å². The smallest absolute Gasteiger partial charge is 0.178 e. The molecule has 2 aliphatic carbocycles. The first-order valence-corrected chi connectivity index (χ1v) is 18.0. The molecule has 0 N–H and O–H groups in total. The minimum atomic E-state index is -0.860. The van der Waals surface area contributed by atoms with E-state index in [0.29, 0.717) is 0 Å². The fraction of sp³-hybridized carbons (Fsp3) is 0.102. The van der Waals surface area contributed by atoms with Crippen LogP contribution in [0, 0.1) is 0 Å². The lowest BCUT2D eigenvalue weighted by Gasteiger charge is -2.39. The largest absolute Gasteiger partial charge is 0.497 e. The van der Waals surface area contributed by atoms with Gasteiger partial charge >= 0.3 is 0 Å². The molecule has 1 unspecified atom stereocenters. The number of hydrogen-bond acceptors (Lipinski definition) is 3. The van der Waals surface area contributed by atoms with E-state index in [2.05, 4.69) is 177 Å². The highest BCUT2D eigenvalue weighted by molar-refractivity contribution is 6.19. The van der Waals surface area contributed by atoms with Crippen molar-refractivity contribution < 1.29 is 9.47 Å². The van der Waals surface area contributed by atoms with Crippen LogP contribution in [0.2, 0.25) is 0 Å². The van der Waals surface area contributed by atoms with Crippen LogP contribution in [0.15, 0.2) is 152 Å². The van der Waals surface area contributed by atoms with Crippen LogP contribution in [0.25, 0.3) is 49.5 Å². The highest BCUT2D eigenvalue weighted by Gasteiger charge is 2.54. The van der Waals surface area contributed by atoms with Crippen LogP contribution >= 0.6 is 0 Å². The minimum absolute atomic E-state index is 0.527. The van der Waals surface area contributed by atoms with Crippen molar-refractivity contribution >= 4 is 44.1 Å². The van der Waals surface area contributed by atoms with Gasteiger partial charge in [-0.25, -0.2) is 0 Å². The van der Waals surface area contributed by atoms with Gasteiger partial charge in [0.25, 0.3) is 0 Å². The maximum absolute atomic E-state index is 7.70. The van der Waals surface area contributed by atoms with Crippen molar-refractivity contribution in [2.75, 3.05) is 26.1 Å². The molecule has 1 spiro atoms. The van der Waals surface area contributed by atoms with E-state index in [1.54, 1.807) is 7.11 Å². The molecule has 52 heavy (non-hydrogen) atoms. The lowest BCUT2D eigenvalue weighted by Crippen LogP contribution is -2.35. The Bertz CT molecular complexity index is 2770. The normalized spacial score (nSPS) is 17.1. The number of fused-ring (bicyclic) bond motifs is 12. The number of nitrogens with zero attached hydrogens (tertiary/aromatic N) is 1. The number of methoxy groups -OCH3 is 1. The average molecular weight is 670 g/mol. The molecule has 0 fully saturated rings. The fourth-order valence-corrected chi connectivity index (χ4v) is 9.74. The van der Waals surface area contributed by atoms with Crippen molar-refractivity contribution in [1.29, 1.82) is 0 Å². The summed E-state index contributed by atoms with van der Waals surface area (Å²) in [7, 11) is 5.89. The van der Waals surface area contributed by atoms with Crippen molar-refractivity contribution in [3.63, 3.8) is 0 Å². The number of hydrogen-bond donors (Lipinski definition) is 0. The Hall–Kier alpha value is -6.32. The molecule has 1 atom stereocenters. The quantitative estimate of drug-likeness (QED) is 0.174. The molecular formula is C49H35NO2. The molecule has 8 aromatic carbocycles. The van der Waals surface area contributed by atoms with Crippen LogP contribution in [0.5, 0.6) is 11.5 Å². The highest BCUT2D eigenvalue weighted by Crippen LogP contribution is 2.66. The van der Waals surface area contributed by atoms with E-state index in [0.717, 1.165) is 44.6 Å². The molecule has 248 valence electrons. The first kappa shape index (κ1) is 29.4. The molecule has 0 saturated heterocycles. The molecule has 0 radical (unpaired) electrons. The van der Waals surface area contributed by atoms with E-state index in [1.165, 1.54) is 54.9 Å². The molecule has 11 rings (SSSR count). The molecular weight excluding hydrogens is 635 g/mol. The molecule has 1 heterocycles. The maximum atomic E-state index is 7.70. The molecule has 8 aromatic rings. The average Bonchev–Trinajstić information content (AvgIpc) is 3.69. The first-order valence-electron chi connectivity index (χ1n) is 18.0. The van der Waals surface area contributed by atoms with Crippen LogP contribution in [0.3, 0.4) is 0 Å². The summed E-state index contributed by atoms with van der Waals surface area (Å²) >= 11 is 0. The highest BCUT2D eigenvalue weighted by atomic mass is 16.5. The third-order valence-corrected chi connectivity index (χ3v) is 11.9. The van der Waals surface area contributed by atoms with Gasteiger partial charge in [0.15, 0.2) is 5.60 Å². The van der Waals surface area contributed by atoms with Gasteiger partial charge in [0.2, 0.25) is 0 Å². The van der Waals surface area contributed by atoms with Crippen molar-refractivity contribution in [3.8, 4) is 22.6 Å². The molecule has 0 aromatic heterocycles. The third kappa shape index (κ3) is 3.55. The standard InChI is InChI=1S/C49H35NO2/c1-50(2)34-23-21-33(22-24-34)48(32-13-5-4-6-14-32)28-27-38-46-45(36-26-25-35(51-3)29-39(36)47(38)52-48)37-15-7-8-16-40(37)49(46)41-17-9-11-30-19-20-31-12-10-18-42(49)44(31)43(30)41/h4-29H,1-3H3. The number of ether oxygens (including phenoxy) is 2. The molecule has 3 heteroatoms. The number of benzene rings is 8. The lowest BCUT2D eigenvalue weighted by molar-refractivity contribution is 0.163. The maximum Gasteiger partial charge on any atom is 0.178 e. The number of rotatable bonds is 4. The van der Waals surface area contributed by atoms with Gasteiger partial charge in [-0.1, -0.05) is 121 Å². The van der Waals surface area contributed by atoms with Gasteiger partial charge < -0.3 is 14.4 Å². The van der Waals surface area contributed by atoms with E-state index in [-0.39, 0.29) is 0 Å². The Morgan fingerprint density at radius 3 is 1.94 bits per heavy atom. The lowest BCUT2D eigenvalue weighted by atomic mass is 9.68. The second kappa shape index (κ2) is 10.4. The van der Waals surface area contributed by atoms with E-state index in [9.17, 15) is 0 Å². The molecule has 0 saturated carbocycles. The SMILES string of the molecule is COc1ccc2c3c(c4c(c2c1)OC(c1ccccc1)(c1ccc(N(C)C)cc1)C=C4)C1(c2ccccc2-3)c2cccc3ccc4cccc1c4c23. The van der Waals surface area contributed by atoms with Crippen LogP contribution < -0.4 is 14.4 Å². The summed E-state index contributed by atoms with van der Waals surface area (Å²) in [5.41, 5.74) is 10.8. The Morgan fingerprint density at radius 2 is 1.25 bits per heavy atom. The summed E-state index contributed by atoms with van der Waals surface area (Å²) in [4.78, 5) is 2.13. The van der Waals surface area contributed by atoms with E-state index in [4.69, 9.17) is 9.47 Å². The van der Waals surface area contributed by atoms with Crippen molar-refractivity contribution in [3.05, 3.63) is 191 Å². The zero-order chi connectivity index (χ0) is 34.8. The monoisotopic (exact) mass is 669 g/mol. The summed E-state index contributed by atoms with van der Waals surface area (Å²) < 4.78 is 13.6. The summed E-state index contributed by atoms with van der Waals surface area (Å²) in [6, 6.07) is 53.3. The van der Waals surface area contributed by atoms with Gasteiger partial charge in [0.1, 0.15) is 11.5 Å². The molecule has 0 amide bonds. The van der Waals surface area contributed by atoms with Crippen molar-refractivity contribution in [2.24, 2.45) is 0 Å². The Labute approximate surface area is 303 Å². The minimum Gasteiger partial charge on any atom is -0.497 e. The van der Waals surface area contributed by atoms with E-state index in [1.807, 2.05) is 0 Å². The van der Waals surface area contributed by atoms with Crippen LogP contribution in [-0.4, -0.2) is 21.2 Å². The van der Waals surface area contributed by atoms with E-state index >= 15 is 0 Å². The van der Waals surface area contributed by atoms with Gasteiger partial charge in [0.05, 0.1) is 12.5 Å². The van der Waals surface area contributed by atoms with Crippen molar-refractivity contribution in [1.82, 2.24) is 0 Å². The molecule has 1 aliphatic heterocycles. The van der Waals surface area contributed by atoms with Crippen LogP contribution in [0.4, 0.5) is 5.69 Å². The second-order valence-corrected chi connectivity index (χ2v) is 14.6. The van der Waals surface area contributed by atoms with Crippen LogP contribution in [0.1, 0.15) is 38.9 Å².